The summed E-state index contributed by atoms with van der Waals surface area (Å²) in [5, 5.41) is 0. The van der Waals surface area contributed by atoms with Gasteiger partial charge in [0.05, 0.1) is 6.04 Å². The second kappa shape index (κ2) is 8.32. The molecule has 2 rings (SSSR count). The van der Waals surface area contributed by atoms with Gasteiger partial charge in [-0.25, -0.2) is 4.79 Å². The molecule has 0 N–H and O–H groups in total. The zero-order chi connectivity index (χ0) is 18.4. The molecule has 1 aliphatic carbocycles. The van der Waals surface area contributed by atoms with Crippen LogP contribution in [0.1, 0.15) is 52.0 Å². The average Bonchev–Trinajstić information content (AvgIpc) is 2.54. The van der Waals surface area contributed by atoms with E-state index in [0.29, 0.717) is 6.42 Å². The number of nitrogens with zero attached hydrogens (tertiary/aromatic N) is 1. The number of likely N-dealkylation sites (N-methyl/N-ethyl adjacent to an activating group) is 1. The first kappa shape index (κ1) is 19.2. The smallest absolute Gasteiger partial charge is 0.410 e. The highest BCUT2D eigenvalue weighted by Crippen LogP contribution is 2.26. The second-order valence-electron chi connectivity index (χ2n) is 7.67. The summed E-state index contributed by atoms with van der Waals surface area (Å²) in [5.74, 6) is 0.156. The highest BCUT2D eigenvalue weighted by Gasteiger charge is 2.29. The van der Waals surface area contributed by atoms with E-state index in [1.165, 1.54) is 5.56 Å². The third-order valence-electron chi connectivity index (χ3n) is 4.36. The van der Waals surface area contributed by atoms with Crippen LogP contribution in [0.25, 0.3) is 0 Å². The van der Waals surface area contributed by atoms with Crippen molar-refractivity contribution in [2.75, 3.05) is 7.05 Å². The van der Waals surface area contributed by atoms with Gasteiger partial charge >= 0.3 is 6.09 Å². The third kappa shape index (κ3) is 6.04. The number of allylic oxidation sites excluding steroid dienone is 1. The van der Waals surface area contributed by atoms with Crippen LogP contribution in [-0.4, -0.2) is 35.5 Å². The van der Waals surface area contributed by atoms with E-state index in [-0.39, 0.29) is 17.9 Å². The fourth-order valence-corrected chi connectivity index (χ4v) is 3.12. The molecule has 25 heavy (non-hydrogen) atoms. The number of benzene rings is 1. The number of carbonyl (C=O) groups is 2. The molecule has 1 aliphatic rings. The maximum absolute atomic E-state index is 12.5. The van der Waals surface area contributed by atoms with Crippen LogP contribution < -0.4 is 0 Å². The van der Waals surface area contributed by atoms with Crippen LogP contribution in [0.3, 0.4) is 0 Å². The molecule has 0 radical (unpaired) electrons. The van der Waals surface area contributed by atoms with E-state index >= 15 is 0 Å². The summed E-state index contributed by atoms with van der Waals surface area (Å²) < 4.78 is 5.53. The summed E-state index contributed by atoms with van der Waals surface area (Å²) in [4.78, 5) is 26.0. The molecule has 0 bridgehead atoms. The third-order valence-corrected chi connectivity index (χ3v) is 4.36. The van der Waals surface area contributed by atoms with Gasteiger partial charge in [-0.15, -0.1) is 0 Å². The fraction of sp³-hybridized carbons (Fsp3) is 0.524. The minimum absolute atomic E-state index is 0.112. The lowest BCUT2D eigenvalue weighted by molar-refractivity contribution is -0.115. The van der Waals surface area contributed by atoms with Gasteiger partial charge in [0, 0.05) is 13.5 Å². The summed E-state index contributed by atoms with van der Waals surface area (Å²) in [6, 6.07) is 10.1. The average molecular weight is 343 g/mol. The Morgan fingerprint density at radius 3 is 2.48 bits per heavy atom. The molecule has 136 valence electrons. The molecule has 0 fully saturated rings. The highest BCUT2D eigenvalue weighted by molar-refractivity contribution is 5.91. The summed E-state index contributed by atoms with van der Waals surface area (Å²) in [6.45, 7) is 5.59. The van der Waals surface area contributed by atoms with E-state index in [1.54, 1.807) is 18.0 Å². The van der Waals surface area contributed by atoms with E-state index in [0.717, 1.165) is 31.3 Å². The number of ketones is 1. The van der Waals surface area contributed by atoms with Crippen LogP contribution in [0.5, 0.6) is 0 Å². The molecule has 1 amide bonds. The quantitative estimate of drug-likeness (QED) is 0.789. The number of rotatable bonds is 5. The molecule has 1 atom stereocenters. The lowest BCUT2D eigenvalue weighted by Crippen LogP contribution is -2.42. The Morgan fingerprint density at radius 1 is 1.20 bits per heavy atom. The molecular formula is C21H29NO3. The van der Waals surface area contributed by atoms with E-state index in [2.05, 4.69) is 12.1 Å². The zero-order valence-corrected chi connectivity index (χ0v) is 15.7. The lowest BCUT2D eigenvalue weighted by Gasteiger charge is -2.33. The first-order chi connectivity index (χ1) is 11.8. The van der Waals surface area contributed by atoms with E-state index in [4.69, 9.17) is 4.74 Å². The summed E-state index contributed by atoms with van der Waals surface area (Å²) in [5.41, 5.74) is 1.74. The van der Waals surface area contributed by atoms with Crippen molar-refractivity contribution in [3.05, 3.63) is 47.5 Å². The first-order valence-electron chi connectivity index (χ1n) is 8.99. The predicted octanol–water partition coefficient (Wildman–Crippen LogP) is 4.53. The number of ether oxygens (including phenoxy) is 1. The van der Waals surface area contributed by atoms with Crippen molar-refractivity contribution in [1.29, 1.82) is 0 Å². The largest absolute Gasteiger partial charge is 0.444 e. The molecule has 1 unspecified atom stereocenters. The van der Waals surface area contributed by atoms with Gasteiger partial charge in [-0.05, 0) is 63.7 Å². The second-order valence-corrected chi connectivity index (χ2v) is 7.67. The van der Waals surface area contributed by atoms with Gasteiger partial charge in [0.15, 0.2) is 5.78 Å². The van der Waals surface area contributed by atoms with Gasteiger partial charge in [0.25, 0.3) is 0 Å². The Balaban J connectivity index is 2.16. The van der Waals surface area contributed by atoms with Crippen molar-refractivity contribution in [2.24, 2.45) is 0 Å². The molecule has 0 aliphatic heterocycles. The Kier molecular flexibility index (Phi) is 6.40. The topological polar surface area (TPSA) is 46.6 Å². The molecule has 0 aromatic heterocycles. The Morgan fingerprint density at radius 2 is 1.88 bits per heavy atom. The SMILES string of the molecule is CN(C(=O)OC(C)(C)C)C(CCc1ccccc1)C1=CC(=O)CCC1. The van der Waals surface area contributed by atoms with Crippen molar-refractivity contribution < 1.29 is 14.3 Å². The number of hydrogen-bond donors (Lipinski definition) is 0. The Hall–Kier alpha value is -2.10. The van der Waals surface area contributed by atoms with Crippen LogP contribution in [-0.2, 0) is 16.0 Å². The van der Waals surface area contributed by atoms with Gasteiger partial charge in [-0.2, -0.15) is 0 Å². The normalized spacial score (nSPS) is 16.2. The van der Waals surface area contributed by atoms with Gasteiger partial charge in [-0.1, -0.05) is 30.3 Å². The van der Waals surface area contributed by atoms with Crippen molar-refractivity contribution in [3.63, 3.8) is 0 Å². The molecule has 0 saturated carbocycles. The molecule has 1 aromatic carbocycles. The van der Waals surface area contributed by atoms with Gasteiger partial charge in [-0.3, -0.25) is 4.79 Å². The van der Waals surface area contributed by atoms with E-state index in [1.807, 2.05) is 39.0 Å². The molecule has 0 heterocycles. The van der Waals surface area contributed by atoms with E-state index < -0.39 is 5.60 Å². The van der Waals surface area contributed by atoms with Crippen LogP contribution in [0, 0.1) is 0 Å². The monoisotopic (exact) mass is 343 g/mol. The molecule has 0 saturated heterocycles. The minimum atomic E-state index is -0.536. The molecule has 0 spiro atoms. The standard InChI is InChI=1S/C21H29NO3/c1-21(2,3)25-20(24)22(4)19(17-11-8-12-18(23)15-17)14-13-16-9-6-5-7-10-16/h5-7,9-10,15,19H,8,11-14H2,1-4H3. The summed E-state index contributed by atoms with van der Waals surface area (Å²) in [6.07, 6.45) is 5.34. The molecular weight excluding hydrogens is 314 g/mol. The highest BCUT2D eigenvalue weighted by atomic mass is 16.6. The Bertz CT molecular complexity index is 628. The molecule has 4 heteroatoms. The van der Waals surface area contributed by atoms with Crippen molar-refractivity contribution in [3.8, 4) is 0 Å². The van der Waals surface area contributed by atoms with Crippen molar-refractivity contribution >= 4 is 11.9 Å². The van der Waals surface area contributed by atoms with Crippen molar-refractivity contribution in [1.82, 2.24) is 4.90 Å². The Labute approximate surface area is 150 Å². The summed E-state index contributed by atoms with van der Waals surface area (Å²) in [7, 11) is 1.77. The first-order valence-corrected chi connectivity index (χ1v) is 8.99. The van der Waals surface area contributed by atoms with Gasteiger partial charge in [0.1, 0.15) is 5.60 Å². The number of carbonyl (C=O) groups excluding carboxylic acids is 2. The molecule has 1 aromatic rings. The van der Waals surface area contributed by atoms with Crippen LogP contribution in [0.4, 0.5) is 4.79 Å². The lowest BCUT2D eigenvalue weighted by atomic mass is 9.89. The molecule has 4 nitrogen and oxygen atoms in total. The predicted molar refractivity (Wildman–Crippen MR) is 99.5 cm³/mol. The van der Waals surface area contributed by atoms with Gasteiger partial charge < -0.3 is 9.64 Å². The van der Waals surface area contributed by atoms with E-state index in [9.17, 15) is 9.59 Å². The zero-order valence-electron chi connectivity index (χ0n) is 15.7. The maximum atomic E-state index is 12.5. The van der Waals surface area contributed by atoms with Crippen LogP contribution in [0.2, 0.25) is 0 Å². The van der Waals surface area contributed by atoms with Crippen LogP contribution in [0.15, 0.2) is 42.0 Å². The maximum Gasteiger partial charge on any atom is 0.410 e. The number of aryl methyl sites for hydroxylation is 1. The van der Waals surface area contributed by atoms with Crippen molar-refractivity contribution in [2.45, 2.75) is 64.5 Å². The number of hydrogen-bond acceptors (Lipinski definition) is 3. The minimum Gasteiger partial charge on any atom is -0.444 e. The fourth-order valence-electron chi connectivity index (χ4n) is 3.12. The van der Waals surface area contributed by atoms with Crippen LogP contribution >= 0.6 is 0 Å². The summed E-state index contributed by atoms with van der Waals surface area (Å²) >= 11 is 0. The number of amides is 1. The van der Waals surface area contributed by atoms with Gasteiger partial charge in [0.2, 0.25) is 0 Å².